The fourth-order valence-corrected chi connectivity index (χ4v) is 2.37. The lowest BCUT2D eigenvalue weighted by atomic mass is 10.1. The maximum Gasteiger partial charge on any atom is 0.307 e. The van der Waals surface area contributed by atoms with Crippen LogP contribution < -0.4 is 0 Å². The molecule has 1 aliphatic heterocycles. The number of methoxy groups -OCH3 is 1. The van der Waals surface area contributed by atoms with Crippen LogP contribution in [0.1, 0.15) is 51.9 Å². The number of unbranched alkanes of at least 4 members (excludes halogenated alkanes) is 3. The highest BCUT2D eigenvalue weighted by molar-refractivity contribution is 5.81. The Kier molecular flexibility index (Phi) is 8.26. The summed E-state index contributed by atoms with van der Waals surface area (Å²) in [6, 6.07) is 0. The number of hydrogen-bond donors (Lipinski definition) is 0. The van der Waals surface area contributed by atoms with Gasteiger partial charge in [-0.1, -0.05) is 26.2 Å². The number of ether oxygens (including phenoxy) is 2. The van der Waals surface area contributed by atoms with Crippen molar-refractivity contribution in [2.75, 3.05) is 26.8 Å². The van der Waals surface area contributed by atoms with Gasteiger partial charge in [0.05, 0.1) is 13.5 Å². The number of carbonyl (C=O) groups is 2. The SMILES string of the molecule is CCCCCCN(CCC(=O)OC)C(=O)C1CCCO1. The Morgan fingerprint density at radius 2 is 2.05 bits per heavy atom. The summed E-state index contributed by atoms with van der Waals surface area (Å²) >= 11 is 0. The minimum atomic E-state index is -0.307. The molecule has 0 aromatic carbocycles. The van der Waals surface area contributed by atoms with Crippen LogP contribution in [-0.2, 0) is 19.1 Å². The zero-order valence-electron chi connectivity index (χ0n) is 12.7. The van der Waals surface area contributed by atoms with Crippen molar-refractivity contribution in [2.24, 2.45) is 0 Å². The highest BCUT2D eigenvalue weighted by Gasteiger charge is 2.28. The zero-order valence-corrected chi connectivity index (χ0v) is 12.7. The second-order valence-corrected chi connectivity index (χ2v) is 5.21. The number of carbonyl (C=O) groups excluding carboxylic acids is 2. The molecule has 1 amide bonds. The molecule has 0 aromatic heterocycles. The van der Waals surface area contributed by atoms with Gasteiger partial charge in [-0.25, -0.2) is 0 Å². The van der Waals surface area contributed by atoms with Gasteiger partial charge in [0.2, 0.25) is 0 Å². The van der Waals surface area contributed by atoms with Crippen molar-refractivity contribution in [1.29, 1.82) is 0 Å². The van der Waals surface area contributed by atoms with Crippen LogP contribution >= 0.6 is 0 Å². The Hall–Kier alpha value is -1.10. The third-order valence-electron chi connectivity index (χ3n) is 3.61. The quantitative estimate of drug-likeness (QED) is 0.481. The summed E-state index contributed by atoms with van der Waals surface area (Å²) in [4.78, 5) is 25.4. The van der Waals surface area contributed by atoms with E-state index in [1.54, 1.807) is 4.90 Å². The molecular weight excluding hydrogens is 258 g/mol. The minimum absolute atomic E-state index is 0.0305. The third kappa shape index (κ3) is 5.90. The molecule has 1 fully saturated rings. The summed E-state index contributed by atoms with van der Waals surface area (Å²) in [5.74, 6) is -0.244. The van der Waals surface area contributed by atoms with Crippen molar-refractivity contribution in [3.63, 3.8) is 0 Å². The summed E-state index contributed by atoms with van der Waals surface area (Å²) in [6.45, 7) is 3.96. The monoisotopic (exact) mass is 285 g/mol. The predicted molar refractivity (Wildman–Crippen MR) is 76.3 cm³/mol. The lowest BCUT2D eigenvalue weighted by Gasteiger charge is -2.25. The Labute approximate surface area is 121 Å². The Morgan fingerprint density at radius 1 is 1.25 bits per heavy atom. The van der Waals surface area contributed by atoms with Gasteiger partial charge in [0.25, 0.3) is 5.91 Å². The zero-order chi connectivity index (χ0) is 14.8. The van der Waals surface area contributed by atoms with Crippen LogP contribution in [0.4, 0.5) is 0 Å². The molecule has 1 heterocycles. The molecule has 1 unspecified atom stereocenters. The first-order valence-corrected chi connectivity index (χ1v) is 7.66. The molecule has 20 heavy (non-hydrogen) atoms. The van der Waals surface area contributed by atoms with Crippen molar-refractivity contribution in [3.8, 4) is 0 Å². The largest absolute Gasteiger partial charge is 0.469 e. The molecule has 1 atom stereocenters. The topological polar surface area (TPSA) is 55.8 Å². The maximum absolute atomic E-state index is 12.4. The summed E-state index contributed by atoms with van der Waals surface area (Å²) in [6.07, 6.45) is 6.12. The van der Waals surface area contributed by atoms with Crippen molar-refractivity contribution in [3.05, 3.63) is 0 Å². The number of rotatable bonds is 9. The van der Waals surface area contributed by atoms with Crippen molar-refractivity contribution >= 4 is 11.9 Å². The van der Waals surface area contributed by atoms with E-state index < -0.39 is 0 Å². The van der Waals surface area contributed by atoms with Gasteiger partial charge < -0.3 is 14.4 Å². The predicted octanol–water partition coefficient (Wildman–Crippen LogP) is 2.14. The lowest BCUT2D eigenvalue weighted by molar-refractivity contribution is -0.144. The van der Waals surface area contributed by atoms with Crippen LogP contribution in [0.2, 0.25) is 0 Å². The van der Waals surface area contributed by atoms with Gasteiger partial charge in [-0.2, -0.15) is 0 Å². The van der Waals surface area contributed by atoms with Gasteiger partial charge in [0.1, 0.15) is 6.10 Å². The molecule has 0 aliphatic carbocycles. The molecule has 1 aliphatic rings. The molecule has 0 aromatic rings. The molecule has 0 spiro atoms. The fourth-order valence-electron chi connectivity index (χ4n) is 2.37. The average molecular weight is 285 g/mol. The van der Waals surface area contributed by atoms with E-state index >= 15 is 0 Å². The van der Waals surface area contributed by atoms with Gasteiger partial charge in [-0.3, -0.25) is 9.59 Å². The van der Waals surface area contributed by atoms with Crippen molar-refractivity contribution in [1.82, 2.24) is 4.90 Å². The van der Waals surface area contributed by atoms with Gasteiger partial charge in [0.15, 0.2) is 0 Å². The molecule has 1 saturated heterocycles. The number of hydrogen-bond acceptors (Lipinski definition) is 4. The first kappa shape index (κ1) is 17.0. The first-order valence-electron chi connectivity index (χ1n) is 7.66. The highest BCUT2D eigenvalue weighted by atomic mass is 16.5. The Morgan fingerprint density at radius 3 is 2.65 bits per heavy atom. The van der Waals surface area contributed by atoms with Crippen LogP contribution in [-0.4, -0.2) is 49.7 Å². The van der Waals surface area contributed by atoms with E-state index in [0.29, 0.717) is 19.7 Å². The molecule has 0 saturated carbocycles. The number of esters is 1. The molecule has 0 N–H and O–H groups in total. The van der Waals surface area contributed by atoms with Gasteiger partial charge in [0, 0.05) is 19.7 Å². The second-order valence-electron chi connectivity index (χ2n) is 5.21. The summed E-state index contributed by atoms with van der Waals surface area (Å²) in [5, 5.41) is 0. The van der Waals surface area contributed by atoms with Crippen molar-refractivity contribution < 1.29 is 19.1 Å². The summed E-state index contributed by atoms with van der Waals surface area (Å²) < 4.78 is 10.1. The van der Waals surface area contributed by atoms with E-state index in [9.17, 15) is 9.59 Å². The van der Waals surface area contributed by atoms with Crippen LogP contribution in [0.3, 0.4) is 0 Å². The first-order chi connectivity index (χ1) is 9.69. The van der Waals surface area contributed by atoms with Gasteiger partial charge in [-0.05, 0) is 19.3 Å². The van der Waals surface area contributed by atoms with Crippen LogP contribution in [0, 0.1) is 0 Å². The third-order valence-corrected chi connectivity index (χ3v) is 3.61. The van der Waals surface area contributed by atoms with E-state index in [1.165, 1.54) is 20.0 Å². The van der Waals surface area contributed by atoms with E-state index in [2.05, 4.69) is 11.7 Å². The van der Waals surface area contributed by atoms with E-state index in [4.69, 9.17) is 4.74 Å². The molecule has 5 nitrogen and oxygen atoms in total. The highest BCUT2D eigenvalue weighted by Crippen LogP contribution is 2.16. The number of amides is 1. The van der Waals surface area contributed by atoms with Crippen LogP contribution in [0.25, 0.3) is 0 Å². The molecule has 116 valence electrons. The summed E-state index contributed by atoms with van der Waals surface area (Å²) in [7, 11) is 1.37. The fraction of sp³-hybridized carbons (Fsp3) is 0.867. The van der Waals surface area contributed by atoms with Crippen LogP contribution in [0.15, 0.2) is 0 Å². The maximum atomic E-state index is 12.4. The van der Waals surface area contributed by atoms with E-state index in [0.717, 1.165) is 25.7 Å². The van der Waals surface area contributed by atoms with E-state index in [-0.39, 0.29) is 24.4 Å². The molecular formula is C15H27NO4. The van der Waals surface area contributed by atoms with Gasteiger partial charge in [-0.15, -0.1) is 0 Å². The van der Waals surface area contributed by atoms with Crippen LogP contribution in [0.5, 0.6) is 0 Å². The lowest BCUT2D eigenvalue weighted by Crippen LogP contribution is -2.40. The van der Waals surface area contributed by atoms with Gasteiger partial charge >= 0.3 is 5.97 Å². The smallest absolute Gasteiger partial charge is 0.307 e. The molecule has 0 bridgehead atoms. The average Bonchev–Trinajstić information content (AvgIpc) is 2.99. The second kappa shape index (κ2) is 9.75. The summed E-state index contributed by atoms with van der Waals surface area (Å²) in [5.41, 5.74) is 0. The Bertz CT molecular complexity index is 300. The molecule has 0 radical (unpaired) electrons. The molecule has 5 heteroatoms. The van der Waals surface area contributed by atoms with E-state index in [1.807, 2.05) is 0 Å². The standard InChI is InChI=1S/C15H27NO4/c1-3-4-5-6-10-16(11-9-14(17)19-2)15(18)13-8-7-12-20-13/h13H,3-12H2,1-2H3. The minimum Gasteiger partial charge on any atom is -0.469 e. The molecule has 1 rings (SSSR count). The van der Waals surface area contributed by atoms with Crippen molar-refractivity contribution in [2.45, 2.75) is 58.0 Å². The number of nitrogens with zero attached hydrogens (tertiary/aromatic N) is 1. The Balaban J connectivity index is 2.43. The normalized spacial score (nSPS) is 18.0.